The smallest absolute Gasteiger partial charge is 0.272 e. The van der Waals surface area contributed by atoms with E-state index in [1.807, 2.05) is 13.2 Å². The number of hydrogen-bond acceptors (Lipinski definition) is 3. The zero-order chi connectivity index (χ0) is 14.7. The van der Waals surface area contributed by atoms with Crippen LogP contribution in [0, 0.1) is 0 Å². The Morgan fingerprint density at radius 1 is 1.25 bits per heavy atom. The molecule has 0 aliphatic carbocycles. The fourth-order valence-electron chi connectivity index (χ4n) is 1.85. The van der Waals surface area contributed by atoms with E-state index in [2.05, 4.69) is 21.2 Å². The molecule has 0 atom stereocenters. The van der Waals surface area contributed by atoms with Crippen LogP contribution in [-0.2, 0) is 7.05 Å². The van der Waals surface area contributed by atoms with Crippen LogP contribution in [0.3, 0.4) is 0 Å². The maximum absolute atomic E-state index is 12.3. The summed E-state index contributed by atoms with van der Waals surface area (Å²) in [7, 11) is 4.93. The maximum atomic E-state index is 12.3. The van der Waals surface area contributed by atoms with Crippen molar-refractivity contribution in [1.82, 2.24) is 4.57 Å². The Morgan fingerprint density at radius 3 is 2.55 bits per heavy atom. The standard InChI is InChI=1S/C14H15BrN2O3/c1-17-8-9(15)6-12(17)14(18)16-11-7-10(19-2)4-5-13(11)20-3/h4-8H,1-3H3,(H,16,18). The van der Waals surface area contributed by atoms with E-state index in [9.17, 15) is 4.79 Å². The molecule has 1 aromatic heterocycles. The largest absolute Gasteiger partial charge is 0.497 e. The number of halogens is 1. The number of methoxy groups -OCH3 is 2. The molecular formula is C14H15BrN2O3. The van der Waals surface area contributed by atoms with Gasteiger partial charge in [-0.05, 0) is 34.1 Å². The number of benzene rings is 1. The number of carbonyl (C=O) groups excluding carboxylic acids is 1. The number of hydrogen-bond donors (Lipinski definition) is 1. The molecule has 1 N–H and O–H groups in total. The van der Waals surface area contributed by atoms with Crippen molar-refractivity contribution in [3.8, 4) is 11.5 Å². The minimum absolute atomic E-state index is 0.218. The van der Waals surface area contributed by atoms with Crippen molar-refractivity contribution < 1.29 is 14.3 Å². The first-order valence-corrected chi connectivity index (χ1v) is 6.69. The number of aryl methyl sites for hydroxylation is 1. The van der Waals surface area contributed by atoms with Gasteiger partial charge >= 0.3 is 0 Å². The molecule has 6 heteroatoms. The first-order valence-electron chi connectivity index (χ1n) is 5.90. The molecule has 0 bridgehead atoms. The normalized spacial score (nSPS) is 10.2. The lowest BCUT2D eigenvalue weighted by Crippen LogP contribution is -2.15. The molecule has 0 fully saturated rings. The average molecular weight is 339 g/mol. The van der Waals surface area contributed by atoms with Gasteiger partial charge in [-0.25, -0.2) is 0 Å². The van der Waals surface area contributed by atoms with Gasteiger partial charge in [0.05, 0.1) is 19.9 Å². The van der Waals surface area contributed by atoms with Crippen molar-refractivity contribution in [2.45, 2.75) is 0 Å². The molecular weight excluding hydrogens is 324 g/mol. The van der Waals surface area contributed by atoms with E-state index in [0.29, 0.717) is 22.9 Å². The third-order valence-electron chi connectivity index (χ3n) is 2.86. The maximum Gasteiger partial charge on any atom is 0.272 e. The van der Waals surface area contributed by atoms with Gasteiger partial charge in [0.2, 0.25) is 0 Å². The quantitative estimate of drug-likeness (QED) is 0.932. The van der Waals surface area contributed by atoms with Crippen molar-refractivity contribution in [1.29, 1.82) is 0 Å². The third kappa shape index (κ3) is 2.96. The second-order valence-electron chi connectivity index (χ2n) is 4.17. The van der Waals surface area contributed by atoms with Crippen LogP contribution in [0.1, 0.15) is 10.5 Å². The molecule has 0 saturated heterocycles. The van der Waals surface area contributed by atoms with Crippen molar-refractivity contribution in [2.75, 3.05) is 19.5 Å². The van der Waals surface area contributed by atoms with Gasteiger partial charge in [-0.2, -0.15) is 0 Å². The van der Waals surface area contributed by atoms with E-state index in [0.717, 1.165) is 4.47 Å². The number of carbonyl (C=O) groups is 1. The average Bonchev–Trinajstić information content (AvgIpc) is 2.77. The topological polar surface area (TPSA) is 52.5 Å². The summed E-state index contributed by atoms with van der Waals surface area (Å²) in [6.07, 6.45) is 1.82. The van der Waals surface area contributed by atoms with Gasteiger partial charge < -0.3 is 19.4 Å². The van der Waals surface area contributed by atoms with Crippen LogP contribution >= 0.6 is 15.9 Å². The van der Waals surface area contributed by atoms with Crippen LogP contribution < -0.4 is 14.8 Å². The van der Waals surface area contributed by atoms with E-state index in [-0.39, 0.29) is 5.91 Å². The lowest BCUT2D eigenvalue weighted by atomic mass is 10.2. The van der Waals surface area contributed by atoms with Gasteiger partial charge in [0.25, 0.3) is 5.91 Å². The minimum Gasteiger partial charge on any atom is -0.497 e. The van der Waals surface area contributed by atoms with Crippen LogP contribution in [0.5, 0.6) is 11.5 Å². The van der Waals surface area contributed by atoms with Crippen LogP contribution in [0.25, 0.3) is 0 Å². The molecule has 2 rings (SSSR count). The highest BCUT2D eigenvalue weighted by atomic mass is 79.9. The van der Waals surface area contributed by atoms with E-state index in [1.165, 1.54) is 0 Å². The predicted molar refractivity (Wildman–Crippen MR) is 80.6 cm³/mol. The highest BCUT2D eigenvalue weighted by Crippen LogP contribution is 2.29. The first-order chi connectivity index (χ1) is 9.55. The molecule has 0 radical (unpaired) electrons. The highest BCUT2D eigenvalue weighted by molar-refractivity contribution is 9.10. The Kier molecular flexibility index (Phi) is 4.34. The lowest BCUT2D eigenvalue weighted by molar-refractivity contribution is 0.101. The van der Waals surface area contributed by atoms with Crippen LogP contribution in [0.15, 0.2) is 34.9 Å². The summed E-state index contributed by atoms with van der Waals surface area (Å²) in [5, 5.41) is 2.82. The number of aromatic nitrogens is 1. The monoisotopic (exact) mass is 338 g/mol. The molecule has 0 saturated carbocycles. The SMILES string of the molecule is COc1ccc(OC)c(NC(=O)c2cc(Br)cn2C)c1. The van der Waals surface area contributed by atoms with Crippen LogP contribution in [0.2, 0.25) is 0 Å². The minimum atomic E-state index is -0.218. The van der Waals surface area contributed by atoms with Gasteiger partial charge in [0.1, 0.15) is 17.2 Å². The zero-order valence-corrected chi connectivity index (χ0v) is 13.0. The molecule has 1 aromatic carbocycles. The molecule has 20 heavy (non-hydrogen) atoms. The van der Waals surface area contributed by atoms with Crippen LogP contribution in [-0.4, -0.2) is 24.7 Å². The summed E-state index contributed by atoms with van der Waals surface area (Å²) in [6, 6.07) is 6.99. The summed E-state index contributed by atoms with van der Waals surface area (Å²) in [6.45, 7) is 0. The van der Waals surface area contributed by atoms with Gasteiger partial charge in [-0.15, -0.1) is 0 Å². The summed E-state index contributed by atoms with van der Waals surface area (Å²) in [4.78, 5) is 12.3. The van der Waals surface area contributed by atoms with Gasteiger partial charge in [-0.1, -0.05) is 0 Å². The number of nitrogens with zero attached hydrogens (tertiary/aromatic N) is 1. The van der Waals surface area contributed by atoms with E-state index < -0.39 is 0 Å². The summed E-state index contributed by atoms with van der Waals surface area (Å²) < 4.78 is 13.0. The fourth-order valence-corrected chi connectivity index (χ4v) is 2.37. The fraction of sp³-hybridized carbons (Fsp3) is 0.214. The Balaban J connectivity index is 2.29. The van der Waals surface area contributed by atoms with Crippen molar-refractivity contribution in [2.24, 2.45) is 7.05 Å². The number of anilines is 1. The molecule has 1 amide bonds. The lowest BCUT2D eigenvalue weighted by Gasteiger charge is -2.12. The van der Waals surface area contributed by atoms with Crippen molar-refractivity contribution in [3.05, 3.63) is 40.6 Å². The Bertz CT molecular complexity index is 637. The van der Waals surface area contributed by atoms with Gasteiger partial charge in [0, 0.05) is 23.8 Å². The summed E-state index contributed by atoms with van der Waals surface area (Å²) in [5.74, 6) is 1.01. The van der Waals surface area contributed by atoms with Crippen LogP contribution in [0.4, 0.5) is 5.69 Å². The van der Waals surface area contributed by atoms with Gasteiger partial charge in [0.15, 0.2) is 0 Å². The second-order valence-corrected chi connectivity index (χ2v) is 5.09. The molecule has 0 aliphatic rings. The summed E-state index contributed by atoms with van der Waals surface area (Å²) >= 11 is 3.34. The molecule has 0 unspecified atom stereocenters. The first kappa shape index (κ1) is 14.5. The van der Waals surface area contributed by atoms with Crippen molar-refractivity contribution in [3.63, 3.8) is 0 Å². The van der Waals surface area contributed by atoms with Gasteiger partial charge in [-0.3, -0.25) is 4.79 Å². The van der Waals surface area contributed by atoms with Crippen molar-refractivity contribution >= 4 is 27.5 Å². The highest BCUT2D eigenvalue weighted by Gasteiger charge is 2.14. The molecule has 2 aromatic rings. The Hall–Kier alpha value is -1.95. The summed E-state index contributed by atoms with van der Waals surface area (Å²) in [5.41, 5.74) is 1.11. The predicted octanol–water partition coefficient (Wildman–Crippen LogP) is 3.06. The third-order valence-corrected chi connectivity index (χ3v) is 3.29. The Labute approximate surface area is 125 Å². The van der Waals surface area contributed by atoms with E-state index in [1.54, 1.807) is 43.1 Å². The van der Waals surface area contributed by atoms with E-state index >= 15 is 0 Å². The number of nitrogens with one attached hydrogen (secondary N) is 1. The molecule has 1 heterocycles. The Morgan fingerprint density at radius 2 is 2.00 bits per heavy atom. The molecule has 106 valence electrons. The number of rotatable bonds is 4. The number of amides is 1. The zero-order valence-electron chi connectivity index (χ0n) is 11.4. The number of ether oxygens (including phenoxy) is 2. The second kappa shape index (κ2) is 6.00. The van der Waals surface area contributed by atoms with E-state index in [4.69, 9.17) is 9.47 Å². The molecule has 0 aliphatic heterocycles. The molecule has 5 nitrogen and oxygen atoms in total. The molecule has 0 spiro atoms.